The Morgan fingerprint density at radius 3 is 1.62 bits per heavy atom. The predicted octanol–water partition coefficient (Wildman–Crippen LogP) is 0.623. The summed E-state index contributed by atoms with van der Waals surface area (Å²) >= 11 is 0. The van der Waals surface area contributed by atoms with Gasteiger partial charge in [0.25, 0.3) is 23.6 Å². The summed E-state index contributed by atoms with van der Waals surface area (Å²) in [5.41, 5.74) is 1.72. The SMILES string of the molecule is Cc1ccc(N2C(=O)C=CC2=O)cc1.O=C1C=CC(=O)N1. The molecule has 2 heterocycles. The van der Waals surface area contributed by atoms with Gasteiger partial charge in [-0.25, -0.2) is 4.90 Å². The number of nitrogens with one attached hydrogen (secondary N) is 1. The van der Waals surface area contributed by atoms with E-state index < -0.39 is 0 Å². The molecule has 2 aliphatic rings. The van der Waals surface area contributed by atoms with Crippen LogP contribution in [-0.2, 0) is 19.2 Å². The summed E-state index contributed by atoms with van der Waals surface area (Å²) in [6.45, 7) is 1.95. The third-order valence-electron chi connectivity index (χ3n) is 2.73. The molecular weight excluding hydrogens is 272 g/mol. The molecule has 106 valence electrons. The van der Waals surface area contributed by atoms with Crippen molar-refractivity contribution < 1.29 is 19.2 Å². The standard InChI is InChI=1S/C11H9NO2.C4H3NO2/c1-8-2-4-9(5-3-8)12-10(13)6-7-11(12)14;6-3-1-2-4(7)5-3/h2-7H,1H3;1-2H,(H,5,6,7). The van der Waals surface area contributed by atoms with Crippen molar-refractivity contribution in [1.29, 1.82) is 0 Å². The predicted molar refractivity (Wildman–Crippen MR) is 75.1 cm³/mol. The normalized spacial score (nSPS) is 16.1. The highest BCUT2D eigenvalue weighted by atomic mass is 16.2. The van der Waals surface area contributed by atoms with Gasteiger partial charge in [-0.1, -0.05) is 17.7 Å². The van der Waals surface area contributed by atoms with E-state index >= 15 is 0 Å². The second-order valence-electron chi connectivity index (χ2n) is 4.37. The molecule has 1 aromatic carbocycles. The van der Waals surface area contributed by atoms with Crippen LogP contribution in [0.1, 0.15) is 5.56 Å². The molecule has 6 heteroatoms. The van der Waals surface area contributed by atoms with Crippen molar-refractivity contribution in [2.45, 2.75) is 6.92 Å². The lowest BCUT2D eigenvalue weighted by Crippen LogP contribution is -2.29. The molecule has 0 spiro atoms. The number of carbonyl (C=O) groups excluding carboxylic acids is 4. The van der Waals surface area contributed by atoms with E-state index in [-0.39, 0.29) is 23.6 Å². The first-order chi connectivity index (χ1) is 9.97. The molecule has 0 unspecified atom stereocenters. The summed E-state index contributed by atoms with van der Waals surface area (Å²) in [6, 6.07) is 7.26. The van der Waals surface area contributed by atoms with Crippen LogP contribution in [0.25, 0.3) is 0 Å². The first-order valence-corrected chi connectivity index (χ1v) is 6.13. The van der Waals surface area contributed by atoms with E-state index in [9.17, 15) is 19.2 Å². The number of anilines is 1. The highest BCUT2D eigenvalue weighted by Crippen LogP contribution is 2.18. The van der Waals surface area contributed by atoms with Crippen molar-refractivity contribution in [3.63, 3.8) is 0 Å². The summed E-state index contributed by atoms with van der Waals surface area (Å²) in [5.74, 6) is -1.22. The molecule has 0 atom stereocenters. The fraction of sp³-hybridized carbons (Fsp3) is 0.0667. The molecular formula is C15H12N2O4. The molecule has 0 radical (unpaired) electrons. The monoisotopic (exact) mass is 284 g/mol. The van der Waals surface area contributed by atoms with Crippen LogP contribution in [0.15, 0.2) is 48.6 Å². The van der Waals surface area contributed by atoms with Crippen molar-refractivity contribution in [3.8, 4) is 0 Å². The third-order valence-corrected chi connectivity index (χ3v) is 2.73. The molecule has 1 N–H and O–H groups in total. The molecule has 6 nitrogen and oxygen atoms in total. The molecule has 0 saturated heterocycles. The summed E-state index contributed by atoms with van der Waals surface area (Å²) in [6.07, 6.45) is 4.95. The van der Waals surface area contributed by atoms with E-state index in [1.54, 1.807) is 12.1 Å². The Hall–Kier alpha value is -3.02. The van der Waals surface area contributed by atoms with Crippen molar-refractivity contribution in [2.24, 2.45) is 0 Å². The number of nitrogens with zero attached hydrogens (tertiary/aromatic N) is 1. The highest BCUT2D eigenvalue weighted by Gasteiger charge is 2.24. The van der Waals surface area contributed by atoms with E-state index in [1.807, 2.05) is 24.4 Å². The number of aryl methyl sites for hydroxylation is 1. The minimum absolute atomic E-state index is 0.279. The van der Waals surface area contributed by atoms with Crippen LogP contribution < -0.4 is 10.2 Å². The van der Waals surface area contributed by atoms with Gasteiger partial charge in [-0.2, -0.15) is 0 Å². The van der Waals surface area contributed by atoms with Crippen LogP contribution in [0.5, 0.6) is 0 Å². The van der Waals surface area contributed by atoms with Gasteiger partial charge >= 0.3 is 0 Å². The first kappa shape index (κ1) is 14.4. The van der Waals surface area contributed by atoms with Gasteiger partial charge in [-0.05, 0) is 19.1 Å². The molecule has 2 aliphatic heterocycles. The maximum atomic E-state index is 11.3. The summed E-state index contributed by atoms with van der Waals surface area (Å²) in [7, 11) is 0. The Labute approximate surface area is 120 Å². The number of carbonyl (C=O) groups is 4. The molecule has 0 aliphatic carbocycles. The Bertz CT molecular complexity index is 637. The Morgan fingerprint density at radius 1 is 0.762 bits per heavy atom. The van der Waals surface area contributed by atoms with Gasteiger partial charge in [-0.3, -0.25) is 24.5 Å². The van der Waals surface area contributed by atoms with Gasteiger partial charge in [-0.15, -0.1) is 0 Å². The number of imide groups is 2. The number of benzene rings is 1. The van der Waals surface area contributed by atoms with Crippen LogP contribution in [0.4, 0.5) is 5.69 Å². The van der Waals surface area contributed by atoms with E-state index in [1.165, 1.54) is 24.3 Å². The van der Waals surface area contributed by atoms with Crippen LogP contribution in [0.3, 0.4) is 0 Å². The van der Waals surface area contributed by atoms with Gasteiger partial charge in [0.05, 0.1) is 5.69 Å². The summed E-state index contributed by atoms with van der Waals surface area (Å²) in [5, 5.41) is 2.03. The number of hydrogen-bond acceptors (Lipinski definition) is 4. The number of rotatable bonds is 1. The van der Waals surface area contributed by atoms with Crippen molar-refractivity contribution in [3.05, 3.63) is 54.1 Å². The smallest absolute Gasteiger partial charge is 0.258 e. The van der Waals surface area contributed by atoms with E-state index in [4.69, 9.17) is 0 Å². The molecule has 4 amide bonds. The zero-order valence-corrected chi connectivity index (χ0v) is 11.2. The molecule has 0 saturated carbocycles. The largest absolute Gasteiger partial charge is 0.289 e. The molecule has 0 fully saturated rings. The zero-order chi connectivity index (χ0) is 15.4. The maximum Gasteiger partial charge on any atom is 0.258 e. The lowest BCUT2D eigenvalue weighted by atomic mass is 10.2. The highest BCUT2D eigenvalue weighted by molar-refractivity contribution is 6.28. The van der Waals surface area contributed by atoms with Crippen LogP contribution in [0, 0.1) is 6.92 Å². The third kappa shape index (κ3) is 3.50. The fourth-order valence-electron chi connectivity index (χ4n) is 1.70. The molecule has 0 bridgehead atoms. The first-order valence-electron chi connectivity index (χ1n) is 6.13. The van der Waals surface area contributed by atoms with Crippen LogP contribution in [-0.4, -0.2) is 23.6 Å². The van der Waals surface area contributed by atoms with Crippen molar-refractivity contribution in [2.75, 3.05) is 4.90 Å². The Kier molecular flexibility index (Phi) is 4.08. The van der Waals surface area contributed by atoms with Gasteiger partial charge in [0, 0.05) is 24.3 Å². The molecule has 1 aromatic rings. The van der Waals surface area contributed by atoms with Crippen molar-refractivity contribution >= 4 is 29.3 Å². The molecule has 21 heavy (non-hydrogen) atoms. The number of amides is 4. The van der Waals surface area contributed by atoms with Crippen LogP contribution >= 0.6 is 0 Å². The Balaban J connectivity index is 0.000000194. The average molecular weight is 284 g/mol. The lowest BCUT2D eigenvalue weighted by Gasteiger charge is -2.13. The maximum absolute atomic E-state index is 11.3. The van der Waals surface area contributed by atoms with Gasteiger partial charge in [0.15, 0.2) is 0 Å². The second kappa shape index (κ2) is 5.96. The summed E-state index contributed by atoms with van der Waals surface area (Å²) in [4.78, 5) is 43.8. The van der Waals surface area contributed by atoms with Gasteiger partial charge in [0.2, 0.25) is 0 Å². The summed E-state index contributed by atoms with van der Waals surface area (Å²) < 4.78 is 0. The molecule has 3 rings (SSSR count). The average Bonchev–Trinajstić information content (AvgIpc) is 2.98. The zero-order valence-electron chi connectivity index (χ0n) is 11.2. The van der Waals surface area contributed by atoms with Crippen molar-refractivity contribution in [1.82, 2.24) is 5.32 Å². The Morgan fingerprint density at radius 2 is 1.24 bits per heavy atom. The van der Waals surface area contributed by atoms with E-state index in [0.717, 1.165) is 10.5 Å². The van der Waals surface area contributed by atoms with Gasteiger partial charge in [0.1, 0.15) is 0 Å². The quantitative estimate of drug-likeness (QED) is 0.766. The minimum Gasteiger partial charge on any atom is -0.289 e. The second-order valence-corrected chi connectivity index (χ2v) is 4.37. The van der Waals surface area contributed by atoms with Gasteiger partial charge < -0.3 is 0 Å². The van der Waals surface area contributed by atoms with Crippen LogP contribution in [0.2, 0.25) is 0 Å². The van der Waals surface area contributed by atoms with E-state index in [2.05, 4.69) is 0 Å². The fourth-order valence-corrected chi connectivity index (χ4v) is 1.70. The topological polar surface area (TPSA) is 83.6 Å². The molecule has 0 aromatic heterocycles. The lowest BCUT2D eigenvalue weighted by molar-refractivity contribution is -0.124. The minimum atomic E-state index is -0.329. The number of hydrogen-bond donors (Lipinski definition) is 1. The van der Waals surface area contributed by atoms with E-state index in [0.29, 0.717) is 5.69 Å².